The summed E-state index contributed by atoms with van der Waals surface area (Å²) in [4.78, 5) is 31.7. The lowest BCUT2D eigenvalue weighted by atomic mass is 9.82. The molecule has 172 valence electrons. The van der Waals surface area contributed by atoms with E-state index >= 15 is 0 Å². The number of carbonyl (C=O) groups excluding carboxylic acids is 2. The molecule has 2 aromatic heterocycles. The van der Waals surface area contributed by atoms with Gasteiger partial charge in [-0.15, -0.1) is 0 Å². The third kappa shape index (κ3) is 5.97. The Labute approximate surface area is 223 Å². The van der Waals surface area contributed by atoms with Crippen LogP contribution in [-0.2, 0) is 12.8 Å². The number of hydrogen-bond acceptors (Lipinski definition) is 4. The third-order valence-corrected chi connectivity index (χ3v) is 8.72. The molecule has 0 amide bonds. The Morgan fingerprint density at radius 1 is 0.812 bits per heavy atom. The van der Waals surface area contributed by atoms with Crippen LogP contribution in [0.4, 0.5) is 0 Å². The fraction of sp³-hybridized carbons (Fsp3) is 0.500. The van der Waals surface area contributed by atoms with Gasteiger partial charge in [-0.05, 0) is 93.6 Å². The third-order valence-electron chi connectivity index (χ3n) is 6.23. The lowest BCUT2D eigenvalue weighted by molar-refractivity contribution is 0.0826. The fourth-order valence-electron chi connectivity index (χ4n) is 4.54. The second-order valence-corrected chi connectivity index (χ2v) is 11.3. The van der Waals surface area contributed by atoms with Crippen LogP contribution in [0.3, 0.4) is 0 Å². The smallest absolute Gasteiger partial charge is 0.169 e. The van der Waals surface area contributed by atoms with E-state index in [1.54, 1.807) is 18.5 Å². The molecule has 32 heavy (non-hydrogen) atoms. The van der Waals surface area contributed by atoms with Gasteiger partial charge >= 0.3 is 0 Å². The molecule has 3 aliphatic rings. The lowest BCUT2D eigenvalue weighted by Crippen LogP contribution is -2.23. The number of ketones is 2. The summed E-state index contributed by atoms with van der Waals surface area (Å²) in [5.74, 6) is 0.598. The quantitative estimate of drug-likeness (QED) is 0.188. The first-order valence-electron chi connectivity index (χ1n) is 10.9. The molecular weight excluding hydrogens is 668 g/mol. The first-order chi connectivity index (χ1) is 15.4. The SMILES string of the molecule is BrCCCCBr.O=C1CCc2c1ccnc2Br.O=C1c2ccnc(Br)c2CC12CCCC2. The number of aromatic nitrogens is 2. The maximum Gasteiger partial charge on any atom is 0.169 e. The van der Waals surface area contributed by atoms with E-state index in [9.17, 15) is 9.59 Å². The number of pyridine rings is 2. The summed E-state index contributed by atoms with van der Waals surface area (Å²) >= 11 is 13.4. The van der Waals surface area contributed by atoms with E-state index in [1.807, 2.05) is 6.07 Å². The standard InChI is InChI=1S/C12H12BrNO.C8H6BrNO.C4H8Br2/c13-11-9-7-12(4-1-2-5-12)10(15)8(9)3-6-14-11;9-8-6-1-2-7(11)5(6)3-4-10-8;5-3-1-2-4-6/h3,6H,1-2,4-5,7H2;3-4H,1-2H2;1-4H2. The summed E-state index contributed by atoms with van der Waals surface area (Å²) in [5, 5.41) is 2.28. The van der Waals surface area contributed by atoms with Crippen LogP contribution >= 0.6 is 63.7 Å². The molecule has 0 saturated heterocycles. The van der Waals surface area contributed by atoms with Gasteiger partial charge in [0.1, 0.15) is 9.21 Å². The number of alkyl halides is 2. The summed E-state index contributed by atoms with van der Waals surface area (Å²) in [6.45, 7) is 0. The van der Waals surface area contributed by atoms with Gasteiger partial charge in [-0.25, -0.2) is 9.97 Å². The Bertz CT molecular complexity index is 970. The molecule has 0 radical (unpaired) electrons. The largest absolute Gasteiger partial charge is 0.294 e. The van der Waals surface area contributed by atoms with Crippen molar-refractivity contribution in [3.8, 4) is 0 Å². The van der Waals surface area contributed by atoms with Crippen LogP contribution in [0.25, 0.3) is 0 Å². The first kappa shape index (κ1) is 26.2. The number of rotatable bonds is 3. The molecule has 5 rings (SSSR count). The summed E-state index contributed by atoms with van der Waals surface area (Å²) in [6.07, 6.45) is 12.8. The van der Waals surface area contributed by atoms with E-state index in [1.165, 1.54) is 25.7 Å². The highest BCUT2D eigenvalue weighted by molar-refractivity contribution is 9.10. The van der Waals surface area contributed by atoms with Crippen molar-refractivity contribution < 1.29 is 9.59 Å². The van der Waals surface area contributed by atoms with Gasteiger partial charge < -0.3 is 0 Å². The van der Waals surface area contributed by atoms with Gasteiger partial charge in [0.25, 0.3) is 0 Å². The van der Waals surface area contributed by atoms with Crippen LogP contribution in [0.2, 0.25) is 0 Å². The zero-order chi connectivity index (χ0) is 23.1. The number of Topliss-reactive ketones (excluding diaryl/α,β-unsaturated/α-hetero) is 2. The minimum Gasteiger partial charge on any atom is -0.294 e. The van der Waals surface area contributed by atoms with E-state index in [0.29, 0.717) is 12.2 Å². The number of fused-ring (bicyclic) bond motifs is 2. The van der Waals surface area contributed by atoms with E-state index in [-0.39, 0.29) is 11.2 Å². The molecule has 3 aliphatic carbocycles. The average Bonchev–Trinajstić information content (AvgIpc) is 3.49. The Hall–Kier alpha value is -0.440. The average molecular weight is 694 g/mol. The number of halogens is 4. The van der Waals surface area contributed by atoms with Gasteiger partial charge in [0.15, 0.2) is 11.6 Å². The van der Waals surface area contributed by atoms with Crippen LogP contribution in [0.1, 0.15) is 76.8 Å². The molecule has 8 heteroatoms. The van der Waals surface area contributed by atoms with Crippen molar-refractivity contribution in [3.63, 3.8) is 0 Å². The van der Waals surface area contributed by atoms with Crippen molar-refractivity contribution >= 4 is 75.3 Å². The molecular formula is C24H26Br4N2O2. The van der Waals surface area contributed by atoms with E-state index in [4.69, 9.17) is 0 Å². The van der Waals surface area contributed by atoms with Gasteiger partial charge in [-0.1, -0.05) is 44.7 Å². The fourth-order valence-corrected chi connectivity index (χ4v) is 6.33. The van der Waals surface area contributed by atoms with Crippen molar-refractivity contribution in [2.75, 3.05) is 10.7 Å². The van der Waals surface area contributed by atoms with Gasteiger partial charge in [0.05, 0.1) is 0 Å². The molecule has 4 nitrogen and oxygen atoms in total. The Balaban J connectivity index is 0.000000150. The Morgan fingerprint density at radius 2 is 1.38 bits per heavy atom. The predicted octanol–water partition coefficient (Wildman–Crippen LogP) is 7.67. The molecule has 0 N–H and O–H groups in total. The van der Waals surface area contributed by atoms with Crippen LogP contribution in [-0.4, -0.2) is 32.2 Å². The summed E-state index contributed by atoms with van der Waals surface area (Å²) in [7, 11) is 0. The highest BCUT2D eigenvalue weighted by Crippen LogP contribution is 2.49. The minimum absolute atomic E-state index is 0.0616. The Morgan fingerprint density at radius 3 is 1.91 bits per heavy atom. The lowest BCUT2D eigenvalue weighted by Gasteiger charge is -2.19. The number of nitrogens with zero attached hydrogens (tertiary/aromatic N) is 2. The molecule has 1 saturated carbocycles. The molecule has 1 spiro atoms. The molecule has 0 unspecified atom stereocenters. The molecule has 2 heterocycles. The normalized spacial score (nSPS) is 17.4. The van der Waals surface area contributed by atoms with Crippen molar-refractivity contribution in [2.45, 2.75) is 57.8 Å². The van der Waals surface area contributed by atoms with Crippen LogP contribution in [0.15, 0.2) is 33.7 Å². The minimum atomic E-state index is -0.0616. The van der Waals surface area contributed by atoms with Gasteiger partial charge in [-0.2, -0.15) is 0 Å². The molecule has 0 aliphatic heterocycles. The molecule has 2 aromatic rings. The first-order valence-corrected chi connectivity index (χ1v) is 14.7. The molecule has 0 atom stereocenters. The number of unbranched alkanes of at least 4 members (excludes halogenated alkanes) is 1. The summed E-state index contributed by atoms with van der Waals surface area (Å²) in [5.41, 5.74) is 3.88. The van der Waals surface area contributed by atoms with Crippen molar-refractivity contribution in [2.24, 2.45) is 5.41 Å². The molecule has 1 fully saturated rings. The monoisotopic (exact) mass is 690 g/mol. The van der Waals surface area contributed by atoms with Crippen molar-refractivity contribution in [1.82, 2.24) is 9.97 Å². The highest BCUT2D eigenvalue weighted by atomic mass is 79.9. The van der Waals surface area contributed by atoms with E-state index < -0.39 is 0 Å². The molecule has 0 aromatic carbocycles. The zero-order valence-electron chi connectivity index (χ0n) is 17.8. The predicted molar refractivity (Wildman–Crippen MR) is 142 cm³/mol. The van der Waals surface area contributed by atoms with Crippen LogP contribution < -0.4 is 0 Å². The Kier molecular flexibility index (Phi) is 10.1. The van der Waals surface area contributed by atoms with E-state index in [0.717, 1.165) is 67.8 Å². The second-order valence-electron chi connectivity index (χ2n) is 8.26. The van der Waals surface area contributed by atoms with Gasteiger partial charge in [0.2, 0.25) is 0 Å². The van der Waals surface area contributed by atoms with Crippen LogP contribution in [0.5, 0.6) is 0 Å². The summed E-state index contributed by atoms with van der Waals surface area (Å²) in [6, 6.07) is 3.66. The molecule has 0 bridgehead atoms. The van der Waals surface area contributed by atoms with Gasteiger partial charge in [0, 0.05) is 46.0 Å². The topological polar surface area (TPSA) is 59.9 Å². The number of hydrogen-bond donors (Lipinski definition) is 0. The van der Waals surface area contributed by atoms with Crippen LogP contribution in [0, 0.1) is 5.41 Å². The summed E-state index contributed by atoms with van der Waals surface area (Å²) < 4.78 is 1.68. The van der Waals surface area contributed by atoms with Crippen molar-refractivity contribution in [1.29, 1.82) is 0 Å². The maximum absolute atomic E-state index is 12.3. The number of carbonyl (C=O) groups is 2. The zero-order valence-corrected chi connectivity index (χ0v) is 24.2. The van der Waals surface area contributed by atoms with Crippen molar-refractivity contribution in [3.05, 3.63) is 56.0 Å². The highest BCUT2D eigenvalue weighted by Gasteiger charge is 2.47. The van der Waals surface area contributed by atoms with Gasteiger partial charge in [-0.3, -0.25) is 9.59 Å². The van der Waals surface area contributed by atoms with E-state index in [2.05, 4.69) is 73.7 Å². The second kappa shape index (κ2) is 12.3. The maximum atomic E-state index is 12.3.